The lowest BCUT2D eigenvalue weighted by molar-refractivity contribution is -0.114. The molecule has 0 aromatic heterocycles. The Morgan fingerprint density at radius 2 is 1.45 bits per heavy atom. The molecular weight excluding hydrogens is 142 g/mol. The summed E-state index contributed by atoms with van der Waals surface area (Å²) in [6.07, 6.45) is -0.167. The van der Waals surface area contributed by atoms with Crippen LogP contribution in [0.5, 0.6) is 0 Å². The number of aliphatic hydroxyl groups is 1. The quantitative estimate of drug-likeness (QED) is 0.582. The van der Waals surface area contributed by atoms with Crippen LogP contribution in [0.2, 0.25) is 0 Å². The molecule has 11 heavy (non-hydrogen) atoms. The van der Waals surface area contributed by atoms with Crippen molar-refractivity contribution in [3.05, 3.63) is 0 Å². The summed E-state index contributed by atoms with van der Waals surface area (Å²) in [4.78, 5) is 9.44. The van der Waals surface area contributed by atoms with E-state index in [1.165, 1.54) is 20.8 Å². The van der Waals surface area contributed by atoms with Gasteiger partial charge in [0.2, 0.25) is 0 Å². The van der Waals surface area contributed by atoms with Crippen LogP contribution < -0.4 is 0 Å². The van der Waals surface area contributed by atoms with Crippen molar-refractivity contribution in [3.8, 4) is 6.07 Å². The summed E-state index contributed by atoms with van der Waals surface area (Å²) in [5.41, 5.74) is 0. The third kappa shape index (κ3) is 597. The van der Waals surface area contributed by atoms with Gasteiger partial charge in [0.25, 0.3) is 0 Å². The van der Waals surface area contributed by atoms with Gasteiger partial charge in [-0.15, -0.1) is 0 Å². The Balaban J connectivity index is -0.0000000886. The number of hydrogen-bond acceptors (Lipinski definition) is 3. The van der Waals surface area contributed by atoms with Gasteiger partial charge in [-0.25, -0.2) is 0 Å². The summed E-state index contributed by atoms with van der Waals surface area (Å²) in [6, 6.07) is 1.75. The van der Waals surface area contributed by atoms with Crippen molar-refractivity contribution in [2.75, 3.05) is 0 Å². The van der Waals surface area contributed by atoms with Gasteiger partial charge in [-0.1, -0.05) is 0 Å². The van der Waals surface area contributed by atoms with Crippen molar-refractivity contribution in [2.24, 2.45) is 0 Å². The summed E-state index contributed by atoms with van der Waals surface area (Å²) in [7, 11) is 0. The topological polar surface area (TPSA) is 61.1 Å². The lowest BCUT2D eigenvalue weighted by atomic mass is 10.5. The highest BCUT2D eigenvalue weighted by molar-refractivity contribution is 5.72. The number of nitrogens with zero attached hydrogens (tertiary/aromatic N) is 1. The van der Waals surface area contributed by atoms with Crippen molar-refractivity contribution in [1.29, 1.82) is 5.26 Å². The maximum atomic E-state index is 9.44. The molecule has 1 N–H and O–H groups in total. The molecule has 3 nitrogen and oxygen atoms in total. The number of ketones is 1. The Morgan fingerprint density at radius 3 is 1.45 bits per heavy atom. The number of aliphatic hydroxyl groups excluding tert-OH is 1. The monoisotopic (exact) mass is 159 g/mol. The van der Waals surface area contributed by atoms with Gasteiger partial charge in [0.1, 0.15) is 5.78 Å². The zero-order chi connectivity index (χ0) is 9.86. The molecule has 0 amide bonds. The molecule has 0 fully saturated rings. The molecule has 0 saturated carbocycles. The molecule has 0 radical (unpaired) electrons. The Labute approximate surface area is 68.7 Å². The van der Waals surface area contributed by atoms with Gasteiger partial charge in [-0.3, -0.25) is 0 Å². The van der Waals surface area contributed by atoms with Crippen LogP contribution in [0.15, 0.2) is 0 Å². The fourth-order valence-corrected chi connectivity index (χ4v) is 0. The predicted molar refractivity (Wildman–Crippen MR) is 45.0 cm³/mol. The second kappa shape index (κ2) is 16.1. The van der Waals surface area contributed by atoms with E-state index in [1.807, 2.05) is 0 Å². The molecule has 0 bridgehead atoms. The summed E-state index contributed by atoms with van der Waals surface area (Å²) >= 11 is 0. The van der Waals surface area contributed by atoms with Gasteiger partial charge in [-0.05, 0) is 27.7 Å². The lowest BCUT2D eigenvalue weighted by Crippen LogP contribution is -1.85. The first-order chi connectivity index (χ1) is 4.88. The molecule has 0 unspecified atom stereocenters. The standard InChI is InChI=1S/C3H8O.C3H6O.C2H3N/c2*1-3(2)4;1-2-3/h3-4H,1-2H3;1-2H3;1H3. The number of nitriles is 1. The van der Waals surface area contributed by atoms with E-state index in [-0.39, 0.29) is 11.9 Å². The van der Waals surface area contributed by atoms with Crippen LogP contribution in [-0.2, 0) is 4.79 Å². The third-order valence-corrected chi connectivity index (χ3v) is 0. The molecule has 0 aromatic rings. The normalized spacial score (nSPS) is 6.36. The fraction of sp³-hybridized carbons (Fsp3) is 0.750. The van der Waals surface area contributed by atoms with Crippen molar-refractivity contribution in [3.63, 3.8) is 0 Å². The van der Waals surface area contributed by atoms with Crippen LogP contribution in [0.1, 0.15) is 34.6 Å². The summed E-state index contributed by atoms with van der Waals surface area (Å²) in [5.74, 6) is 0.167. The Bertz CT molecular complexity index is 107. The highest BCUT2D eigenvalue weighted by Gasteiger charge is 1.69. The van der Waals surface area contributed by atoms with Gasteiger partial charge in [0.05, 0.1) is 6.07 Å². The van der Waals surface area contributed by atoms with Gasteiger partial charge < -0.3 is 9.90 Å². The van der Waals surface area contributed by atoms with Crippen LogP contribution in [0.4, 0.5) is 0 Å². The first-order valence-corrected chi connectivity index (χ1v) is 3.34. The molecule has 66 valence electrons. The molecular formula is C8H17NO2. The van der Waals surface area contributed by atoms with Crippen molar-refractivity contribution >= 4 is 5.78 Å². The van der Waals surface area contributed by atoms with E-state index < -0.39 is 0 Å². The van der Waals surface area contributed by atoms with Gasteiger partial charge in [-0.2, -0.15) is 5.26 Å². The average Bonchev–Trinajstić information content (AvgIpc) is 1.60. The largest absolute Gasteiger partial charge is 0.394 e. The summed E-state index contributed by atoms with van der Waals surface area (Å²) < 4.78 is 0. The molecule has 0 aliphatic heterocycles. The predicted octanol–water partition coefficient (Wildman–Crippen LogP) is 1.51. The first kappa shape index (κ1) is 16.6. The summed E-state index contributed by atoms with van der Waals surface area (Å²) in [5, 5.41) is 15.4. The molecule has 0 atom stereocenters. The van der Waals surface area contributed by atoms with Gasteiger partial charge in [0.15, 0.2) is 0 Å². The Kier molecular flexibility index (Phi) is 24.2. The average molecular weight is 159 g/mol. The molecule has 0 aliphatic rings. The number of carbonyl (C=O) groups is 1. The van der Waals surface area contributed by atoms with Gasteiger partial charge in [0, 0.05) is 13.0 Å². The van der Waals surface area contributed by atoms with E-state index in [0.29, 0.717) is 0 Å². The molecule has 0 rings (SSSR count). The Hall–Kier alpha value is -0.880. The van der Waals surface area contributed by atoms with E-state index >= 15 is 0 Å². The lowest BCUT2D eigenvalue weighted by Gasteiger charge is -1.80. The minimum atomic E-state index is -0.167. The van der Waals surface area contributed by atoms with E-state index in [9.17, 15) is 4.79 Å². The fourth-order valence-electron chi connectivity index (χ4n) is 0. The van der Waals surface area contributed by atoms with E-state index in [4.69, 9.17) is 10.4 Å². The van der Waals surface area contributed by atoms with E-state index in [0.717, 1.165) is 0 Å². The van der Waals surface area contributed by atoms with Gasteiger partial charge >= 0.3 is 0 Å². The number of hydrogen-bond donors (Lipinski definition) is 1. The molecule has 0 saturated heterocycles. The second-order valence-corrected chi connectivity index (χ2v) is 2.23. The smallest absolute Gasteiger partial charge is 0.126 e. The SMILES string of the molecule is CC#N.CC(C)=O.CC(C)O. The second-order valence-electron chi connectivity index (χ2n) is 2.23. The minimum absolute atomic E-state index is 0.167. The molecule has 0 heterocycles. The molecule has 0 aliphatic carbocycles. The number of Topliss-reactive ketones (excluding diaryl/α,β-unsaturated/α-hetero) is 1. The number of carbonyl (C=O) groups excluding carboxylic acids is 1. The van der Waals surface area contributed by atoms with E-state index in [2.05, 4.69) is 0 Å². The third-order valence-electron chi connectivity index (χ3n) is 0. The highest BCUT2D eigenvalue weighted by atomic mass is 16.3. The van der Waals surface area contributed by atoms with Crippen LogP contribution >= 0.6 is 0 Å². The van der Waals surface area contributed by atoms with Crippen molar-refractivity contribution < 1.29 is 9.90 Å². The van der Waals surface area contributed by atoms with E-state index in [1.54, 1.807) is 19.9 Å². The molecule has 0 aromatic carbocycles. The Morgan fingerprint density at radius 1 is 1.45 bits per heavy atom. The number of rotatable bonds is 0. The minimum Gasteiger partial charge on any atom is -0.394 e. The van der Waals surface area contributed by atoms with Crippen LogP contribution in [0, 0.1) is 11.3 Å². The maximum absolute atomic E-state index is 9.44. The van der Waals surface area contributed by atoms with Crippen LogP contribution in [-0.4, -0.2) is 17.0 Å². The zero-order valence-electron chi connectivity index (χ0n) is 7.88. The van der Waals surface area contributed by atoms with Crippen LogP contribution in [0.3, 0.4) is 0 Å². The molecule has 0 spiro atoms. The first-order valence-electron chi connectivity index (χ1n) is 3.34. The van der Waals surface area contributed by atoms with Crippen molar-refractivity contribution in [1.82, 2.24) is 0 Å². The maximum Gasteiger partial charge on any atom is 0.126 e. The van der Waals surface area contributed by atoms with Crippen molar-refractivity contribution in [2.45, 2.75) is 40.7 Å². The molecule has 3 heteroatoms. The zero-order valence-corrected chi connectivity index (χ0v) is 7.88. The van der Waals surface area contributed by atoms with Crippen LogP contribution in [0.25, 0.3) is 0 Å². The highest BCUT2D eigenvalue weighted by Crippen LogP contribution is 1.65. The summed E-state index contributed by atoms with van der Waals surface area (Å²) in [6.45, 7) is 7.93.